The molecule has 2 heterocycles. The molecule has 8 nitrogen and oxygen atoms in total. The van der Waals surface area contributed by atoms with Gasteiger partial charge in [-0.15, -0.1) is 11.3 Å². The van der Waals surface area contributed by atoms with Crippen LogP contribution in [0.25, 0.3) is 0 Å². The quantitative estimate of drug-likeness (QED) is 0.756. The van der Waals surface area contributed by atoms with Crippen molar-refractivity contribution < 1.29 is 22.7 Å². The van der Waals surface area contributed by atoms with Gasteiger partial charge in [0.2, 0.25) is 10.0 Å². The van der Waals surface area contributed by atoms with E-state index in [4.69, 9.17) is 9.47 Å². The largest absolute Gasteiger partial charge is 0.493 e. The third-order valence-corrected chi connectivity index (χ3v) is 6.65. The molecule has 2 aromatic rings. The Morgan fingerprint density at radius 3 is 2.38 bits per heavy atom. The molecule has 0 aliphatic carbocycles. The summed E-state index contributed by atoms with van der Waals surface area (Å²) in [7, 11) is -0.730. The van der Waals surface area contributed by atoms with Gasteiger partial charge < -0.3 is 14.4 Å². The Morgan fingerprint density at radius 2 is 1.81 bits per heavy atom. The zero-order chi connectivity index (χ0) is 18.7. The van der Waals surface area contributed by atoms with Gasteiger partial charge in [-0.2, -0.15) is 4.31 Å². The standard InChI is InChI=1S/C16H19N3O5S2/c1-23-14-4-3-12(9-15(14)24-2)26(21,22)19-7-5-18(6-8-19)16(20)13-10-25-11-17-13/h3-4,9-11H,5-8H2,1-2H3. The molecule has 1 amide bonds. The number of nitrogens with zero attached hydrogens (tertiary/aromatic N) is 3. The van der Waals surface area contributed by atoms with E-state index < -0.39 is 10.0 Å². The third-order valence-electron chi connectivity index (χ3n) is 4.17. The summed E-state index contributed by atoms with van der Waals surface area (Å²) < 4.78 is 37.5. The number of hydrogen-bond donors (Lipinski definition) is 0. The first-order valence-electron chi connectivity index (χ1n) is 7.87. The minimum atomic E-state index is -3.68. The summed E-state index contributed by atoms with van der Waals surface area (Å²) in [5.41, 5.74) is 2.00. The molecule has 0 unspecified atom stereocenters. The number of piperazine rings is 1. The highest BCUT2D eigenvalue weighted by molar-refractivity contribution is 7.89. The summed E-state index contributed by atoms with van der Waals surface area (Å²) in [6, 6.07) is 4.50. The van der Waals surface area contributed by atoms with Gasteiger partial charge in [-0.25, -0.2) is 13.4 Å². The average molecular weight is 397 g/mol. The molecule has 3 rings (SSSR count). The van der Waals surface area contributed by atoms with Crippen molar-refractivity contribution in [1.29, 1.82) is 0 Å². The molecular weight excluding hydrogens is 378 g/mol. The van der Waals surface area contributed by atoms with Crippen LogP contribution in [0.1, 0.15) is 10.5 Å². The van der Waals surface area contributed by atoms with E-state index in [0.717, 1.165) is 0 Å². The smallest absolute Gasteiger partial charge is 0.273 e. The molecule has 1 fully saturated rings. The van der Waals surface area contributed by atoms with Gasteiger partial charge in [0.15, 0.2) is 11.5 Å². The summed E-state index contributed by atoms with van der Waals surface area (Å²) in [5, 5.41) is 1.69. The number of methoxy groups -OCH3 is 2. The molecule has 140 valence electrons. The van der Waals surface area contributed by atoms with Crippen molar-refractivity contribution in [1.82, 2.24) is 14.2 Å². The highest BCUT2D eigenvalue weighted by atomic mass is 32.2. The van der Waals surface area contributed by atoms with Crippen LogP contribution in [0.3, 0.4) is 0 Å². The Kier molecular flexibility index (Phi) is 5.44. The van der Waals surface area contributed by atoms with Gasteiger partial charge in [-0.05, 0) is 12.1 Å². The number of thiazole rings is 1. The molecule has 0 N–H and O–H groups in total. The van der Waals surface area contributed by atoms with Gasteiger partial charge in [-0.1, -0.05) is 0 Å². The second kappa shape index (κ2) is 7.60. The van der Waals surface area contributed by atoms with Crippen LogP contribution < -0.4 is 9.47 Å². The number of rotatable bonds is 5. The molecule has 1 aromatic carbocycles. The highest BCUT2D eigenvalue weighted by Crippen LogP contribution is 2.30. The monoisotopic (exact) mass is 397 g/mol. The fraction of sp³-hybridized carbons (Fsp3) is 0.375. The molecule has 0 bridgehead atoms. The number of carbonyl (C=O) groups excluding carboxylic acids is 1. The minimum absolute atomic E-state index is 0.134. The Labute approximate surface area is 156 Å². The van der Waals surface area contributed by atoms with Gasteiger partial charge in [-0.3, -0.25) is 4.79 Å². The van der Waals surface area contributed by atoms with Crippen LogP contribution >= 0.6 is 11.3 Å². The minimum Gasteiger partial charge on any atom is -0.493 e. The van der Waals surface area contributed by atoms with Crippen molar-refractivity contribution in [3.05, 3.63) is 34.8 Å². The van der Waals surface area contributed by atoms with Crippen LogP contribution in [-0.2, 0) is 10.0 Å². The van der Waals surface area contributed by atoms with E-state index in [1.54, 1.807) is 21.9 Å². The summed E-state index contributed by atoms with van der Waals surface area (Å²) >= 11 is 1.35. The van der Waals surface area contributed by atoms with E-state index >= 15 is 0 Å². The SMILES string of the molecule is COc1ccc(S(=O)(=O)N2CCN(C(=O)c3cscn3)CC2)cc1OC. The maximum Gasteiger partial charge on any atom is 0.273 e. The van der Waals surface area contributed by atoms with E-state index in [2.05, 4.69) is 4.98 Å². The Hall–Kier alpha value is -2.17. The number of aromatic nitrogens is 1. The van der Waals surface area contributed by atoms with E-state index in [0.29, 0.717) is 30.3 Å². The van der Waals surface area contributed by atoms with Crippen molar-refractivity contribution in [3.63, 3.8) is 0 Å². The first-order valence-corrected chi connectivity index (χ1v) is 10.3. The van der Waals surface area contributed by atoms with Crippen LogP contribution in [0.15, 0.2) is 34.0 Å². The number of benzene rings is 1. The number of sulfonamides is 1. The topological polar surface area (TPSA) is 89.0 Å². The molecule has 10 heteroatoms. The van der Waals surface area contributed by atoms with Crippen LogP contribution in [0.5, 0.6) is 11.5 Å². The van der Waals surface area contributed by atoms with Crippen molar-refractivity contribution in [3.8, 4) is 11.5 Å². The third kappa shape index (κ3) is 3.53. The first kappa shape index (κ1) is 18.6. The molecule has 26 heavy (non-hydrogen) atoms. The second-order valence-corrected chi connectivity index (χ2v) is 8.24. The van der Waals surface area contributed by atoms with E-state index in [1.165, 1.54) is 42.0 Å². The fourth-order valence-corrected chi connectivity index (χ4v) is 4.70. The van der Waals surface area contributed by atoms with Crippen molar-refractivity contribution in [2.75, 3.05) is 40.4 Å². The summed E-state index contributed by atoms with van der Waals surface area (Å²) in [5.74, 6) is 0.644. The van der Waals surface area contributed by atoms with E-state index in [1.807, 2.05) is 0 Å². The molecule has 1 aliphatic heterocycles. The molecule has 1 aliphatic rings. The van der Waals surface area contributed by atoms with Gasteiger partial charge >= 0.3 is 0 Å². The van der Waals surface area contributed by atoms with Crippen LogP contribution in [-0.4, -0.2) is 68.9 Å². The molecule has 0 atom stereocenters. The summed E-state index contributed by atoms with van der Waals surface area (Å²) in [6.45, 7) is 1.10. The highest BCUT2D eigenvalue weighted by Gasteiger charge is 2.31. The molecular formula is C16H19N3O5S2. The maximum atomic E-state index is 12.9. The lowest BCUT2D eigenvalue weighted by Gasteiger charge is -2.33. The number of ether oxygens (including phenoxy) is 2. The van der Waals surface area contributed by atoms with Gasteiger partial charge in [0, 0.05) is 37.6 Å². The molecule has 1 saturated heterocycles. The Balaban J connectivity index is 1.73. The van der Waals surface area contributed by atoms with Crippen LogP contribution in [0.2, 0.25) is 0 Å². The number of hydrogen-bond acceptors (Lipinski definition) is 7. The predicted molar refractivity (Wildman–Crippen MR) is 96.3 cm³/mol. The van der Waals surface area contributed by atoms with Gasteiger partial charge in [0.05, 0.1) is 24.6 Å². The lowest BCUT2D eigenvalue weighted by molar-refractivity contribution is 0.0693. The van der Waals surface area contributed by atoms with Crippen molar-refractivity contribution in [2.45, 2.75) is 4.90 Å². The molecule has 0 radical (unpaired) electrons. The van der Waals surface area contributed by atoms with Crippen molar-refractivity contribution in [2.24, 2.45) is 0 Å². The predicted octanol–water partition coefficient (Wildman–Crippen LogP) is 1.31. The number of carbonyl (C=O) groups is 1. The summed E-state index contributed by atoms with van der Waals surface area (Å²) in [4.78, 5) is 18.1. The van der Waals surface area contributed by atoms with Crippen LogP contribution in [0.4, 0.5) is 0 Å². The Morgan fingerprint density at radius 1 is 1.12 bits per heavy atom. The molecule has 0 spiro atoms. The van der Waals surface area contributed by atoms with E-state index in [-0.39, 0.29) is 23.9 Å². The van der Waals surface area contributed by atoms with Gasteiger partial charge in [0.25, 0.3) is 5.91 Å². The Bertz CT molecular complexity index is 875. The molecule has 1 aromatic heterocycles. The summed E-state index contributed by atoms with van der Waals surface area (Å²) in [6.07, 6.45) is 0. The lowest BCUT2D eigenvalue weighted by Crippen LogP contribution is -2.50. The molecule has 0 saturated carbocycles. The van der Waals surface area contributed by atoms with E-state index in [9.17, 15) is 13.2 Å². The second-order valence-electron chi connectivity index (χ2n) is 5.59. The van der Waals surface area contributed by atoms with Crippen LogP contribution in [0, 0.1) is 0 Å². The zero-order valence-electron chi connectivity index (χ0n) is 14.4. The zero-order valence-corrected chi connectivity index (χ0v) is 16.0. The fourth-order valence-electron chi connectivity index (χ4n) is 2.74. The van der Waals surface area contributed by atoms with Gasteiger partial charge in [0.1, 0.15) is 5.69 Å². The maximum absolute atomic E-state index is 12.9. The first-order chi connectivity index (χ1) is 12.5. The average Bonchev–Trinajstić information content (AvgIpc) is 3.21. The van der Waals surface area contributed by atoms with Crippen molar-refractivity contribution >= 4 is 27.3 Å². The normalized spacial score (nSPS) is 15.7. The number of amides is 1. The lowest BCUT2D eigenvalue weighted by atomic mass is 10.3.